The van der Waals surface area contributed by atoms with E-state index in [1.165, 1.54) is 30.0 Å². The highest BCUT2D eigenvalue weighted by Gasteiger charge is 2.32. The number of likely N-dealkylation sites (tertiary alicyclic amines) is 1. The van der Waals surface area contributed by atoms with E-state index in [9.17, 15) is 19.5 Å². The van der Waals surface area contributed by atoms with Gasteiger partial charge >= 0.3 is 5.97 Å². The number of rotatable bonds is 5. The highest BCUT2D eigenvalue weighted by Crippen LogP contribution is 2.42. The largest absolute Gasteiger partial charge is 0.481 e. The van der Waals surface area contributed by atoms with Gasteiger partial charge in [0.15, 0.2) is 23.6 Å². The number of fused-ring (bicyclic) bond motifs is 1. The van der Waals surface area contributed by atoms with Crippen molar-refractivity contribution in [2.24, 2.45) is 5.92 Å². The molecule has 2 heterocycles. The quantitative estimate of drug-likeness (QED) is 0.650. The van der Waals surface area contributed by atoms with Gasteiger partial charge in [-0.2, -0.15) is 0 Å². The first-order valence-corrected chi connectivity index (χ1v) is 11.4. The van der Waals surface area contributed by atoms with Crippen molar-refractivity contribution in [1.29, 1.82) is 0 Å². The molecule has 4 rings (SSSR count). The van der Waals surface area contributed by atoms with Crippen molar-refractivity contribution in [3.8, 4) is 11.5 Å². The maximum absolute atomic E-state index is 15.2. The van der Waals surface area contributed by atoms with Crippen molar-refractivity contribution in [1.82, 2.24) is 4.90 Å². The molecule has 0 spiro atoms. The number of carboxylic acids is 1. The molecule has 2 aromatic carbocycles. The average molecular weight is 480 g/mol. The van der Waals surface area contributed by atoms with E-state index in [1.54, 1.807) is 5.94 Å². The molecule has 1 N–H and O–H groups in total. The van der Waals surface area contributed by atoms with E-state index in [0.29, 0.717) is 30.5 Å². The Morgan fingerprint density at radius 2 is 1.97 bits per heavy atom. The molecular weight excluding hydrogens is 453 g/mol. The summed E-state index contributed by atoms with van der Waals surface area (Å²) in [6.07, 6.45) is 1.57. The number of nitrogens with zero attached hydrogens (tertiary/aromatic N) is 1. The van der Waals surface area contributed by atoms with Gasteiger partial charge in [-0.15, -0.1) is 0 Å². The summed E-state index contributed by atoms with van der Waals surface area (Å²) in [6, 6.07) is 8.37. The van der Waals surface area contributed by atoms with E-state index in [-0.39, 0.29) is 23.8 Å². The lowest BCUT2D eigenvalue weighted by Crippen LogP contribution is -2.47. The number of carbonyl (C=O) groups excluding carboxylic acids is 2. The van der Waals surface area contributed by atoms with Crippen molar-refractivity contribution in [3.63, 3.8) is 0 Å². The highest BCUT2D eigenvalue weighted by molar-refractivity contribution is 5.90. The third kappa shape index (κ3) is 4.84. The minimum Gasteiger partial charge on any atom is -0.481 e. The fourth-order valence-corrected chi connectivity index (χ4v) is 4.65. The second kappa shape index (κ2) is 9.76. The summed E-state index contributed by atoms with van der Waals surface area (Å²) in [6.45, 7) is 5.86. The fourth-order valence-electron chi connectivity index (χ4n) is 4.65. The molecule has 2 atom stereocenters. The number of halogens is 1. The van der Waals surface area contributed by atoms with Crippen molar-refractivity contribution < 1.29 is 33.4 Å². The summed E-state index contributed by atoms with van der Waals surface area (Å²) in [4.78, 5) is 37.1. The van der Waals surface area contributed by atoms with Crippen molar-refractivity contribution >= 4 is 23.4 Å². The summed E-state index contributed by atoms with van der Waals surface area (Å²) in [5.41, 5.74) is 3.85. The number of aryl methyl sites for hydroxylation is 2. The second-order valence-corrected chi connectivity index (χ2v) is 8.89. The summed E-state index contributed by atoms with van der Waals surface area (Å²) in [5, 5.41) is 9.27. The zero-order valence-corrected chi connectivity index (χ0v) is 19.8. The van der Waals surface area contributed by atoms with E-state index in [1.807, 2.05) is 32.0 Å². The minimum atomic E-state index is -1.05. The number of hydrogen-bond donors (Lipinski definition) is 1. The predicted octanol–water partition coefficient (Wildman–Crippen LogP) is 4.07. The standard InChI is InChI=1S/C27H26FNO6/c1-15-6-4-7-16(2)25(15)21-10-19(14-30)35-23-12-24(22(28)11-20(21)23)34-17(3)26(31)29-9-5-8-18(13-29)27(32)33/h4,6-7,10-12,17-18H,5,8-9,13H2,1-3H3,(H,32,33)/t17-,18+/m1/s1. The number of amides is 1. The third-order valence-corrected chi connectivity index (χ3v) is 6.40. The van der Waals surface area contributed by atoms with Gasteiger partial charge in [0, 0.05) is 30.8 Å². The number of benzene rings is 2. The first-order chi connectivity index (χ1) is 16.7. The van der Waals surface area contributed by atoms with Crippen molar-refractivity contribution in [2.75, 3.05) is 13.1 Å². The second-order valence-electron chi connectivity index (χ2n) is 8.89. The minimum absolute atomic E-state index is 0.0511. The van der Waals surface area contributed by atoms with Crippen LogP contribution in [0.1, 0.15) is 42.0 Å². The third-order valence-electron chi connectivity index (χ3n) is 6.40. The molecular formula is C27H26FNO6. The Morgan fingerprint density at radius 1 is 1.26 bits per heavy atom. The molecule has 7 nitrogen and oxygen atoms in total. The van der Waals surface area contributed by atoms with Gasteiger partial charge in [0.1, 0.15) is 5.75 Å². The molecule has 2 aliphatic rings. The smallest absolute Gasteiger partial charge is 0.308 e. The van der Waals surface area contributed by atoms with Gasteiger partial charge in [0.25, 0.3) is 5.91 Å². The Balaban J connectivity index is 1.63. The lowest BCUT2D eigenvalue weighted by molar-refractivity contribution is -0.147. The molecule has 8 heteroatoms. The van der Waals surface area contributed by atoms with Gasteiger partial charge in [-0.25, -0.2) is 9.18 Å². The zero-order chi connectivity index (χ0) is 25.3. The normalized spacial score (nSPS) is 18.1. The summed E-state index contributed by atoms with van der Waals surface area (Å²) >= 11 is 0. The Morgan fingerprint density at radius 3 is 2.63 bits per heavy atom. The predicted molar refractivity (Wildman–Crippen MR) is 126 cm³/mol. The SMILES string of the molecule is Cc1cccc(C)c1C1=CC(=C=O)Oc2cc(O[C@H](C)C(=O)N3CCC[C@H](C(=O)O)C3)c(F)cc21. The van der Waals surface area contributed by atoms with Crippen LogP contribution in [0.4, 0.5) is 4.39 Å². The molecule has 0 aromatic heterocycles. The van der Waals surface area contributed by atoms with Crippen LogP contribution >= 0.6 is 0 Å². The van der Waals surface area contributed by atoms with Crippen LogP contribution in [0, 0.1) is 25.6 Å². The maximum atomic E-state index is 15.2. The van der Waals surface area contributed by atoms with Gasteiger partial charge in [0.05, 0.1) is 5.92 Å². The molecule has 182 valence electrons. The highest BCUT2D eigenvalue weighted by atomic mass is 19.1. The lowest BCUT2D eigenvalue weighted by Gasteiger charge is -2.32. The van der Waals surface area contributed by atoms with Gasteiger partial charge in [-0.1, -0.05) is 18.2 Å². The molecule has 0 saturated carbocycles. The molecule has 0 radical (unpaired) electrons. The van der Waals surface area contributed by atoms with Gasteiger partial charge in [0.2, 0.25) is 5.76 Å². The van der Waals surface area contributed by atoms with Crippen LogP contribution in [0.15, 0.2) is 42.2 Å². The summed E-state index contributed by atoms with van der Waals surface area (Å²) < 4.78 is 26.5. The van der Waals surface area contributed by atoms with E-state index >= 15 is 4.39 Å². The van der Waals surface area contributed by atoms with E-state index < -0.39 is 29.7 Å². The Kier molecular flexibility index (Phi) is 6.76. The van der Waals surface area contributed by atoms with Crippen LogP contribution in [-0.4, -0.2) is 47.0 Å². The molecule has 35 heavy (non-hydrogen) atoms. The average Bonchev–Trinajstić information content (AvgIpc) is 2.84. The topological polar surface area (TPSA) is 93.1 Å². The summed E-state index contributed by atoms with van der Waals surface area (Å²) in [5.74, 6) is -0.965. The number of carbonyl (C=O) groups is 2. The van der Waals surface area contributed by atoms with E-state index in [4.69, 9.17) is 9.47 Å². The molecule has 0 unspecified atom stereocenters. The number of piperidine rings is 1. The van der Waals surface area contributed by atoms with E-state index in [2.05, 4.69) is 0 Å². The number of carboxylic acid groups (broad SMARTS) is 1. The number of aliphatic carboxylic acids is 1. The monoisotopic (exact) mass is 479 g/mol. The van der Waals surface area contributed by atoms with Crippen LogP contribution in [0.2, 0.25) is 0 Å². The van der Waals surface area contributed by atoms with Crippen molar-refractivity contribution in [2.45, 2.75) is 39.7 Å². The van der Waals surface area contributed by atoms with Crippen LogP contribution in [-0.2, 0) is 14.4 Å². The van der Waals surface area contributed by atoms with Crippen LogP contribution in [0.5, 0.6) is 11.5 Å². The molecule has 1 fully saturated rings. The molecule has 2 aromatic rings. The van der Waals surface area contributed by atoms with Crippen LogP contribution in [0.25, 0.3) is 5.57 Å². The summed E-state index contributed by atoms with van der Waals surface area (Å²) in [7, 11) is 0. The van der Waals surface area contributed by atoms with Crippen LogP contribution < -0.4 is 9.47 Å². The Labute approximate surface area is 202 Å². The Bertz CT molecular complexity index is 1260. The van der Waals surface area contributed by atoms with Gasteiger partial charge in [-0.05, 0) is 61.9 Å². The molecule has 0 aliphatic carbocycles. The Hall–Kier alpha value is -3.90. The number of allylic oxidation sites excluding steroid dienone is 1. The van der Waals surface area contributed by atoms with Crippen molar-refractivity contribution in [3.05, 3.63) is 70.2 Å². The first-order valence-electron chi connectivity index (χ1n) is 11.4. The lowest BCUT2D eigenvalue weighted by atomic mass is 9.89. The molecule has 1 saturated heterocycles. The zero-order valence-electron chi connectivity index (χ0n) is 19.8. The molecule has 2 aliphatic heterocycles. The first kappa shape index (κ1) is 24.2. The maximum Gasteiger partial charge on any atom is 0.308 e. The van der Waals surface area contributed by atoms with Crippen LogP contribution in [0.3, 0.4) is 0 Å². The number of hydrogen-bond acceptors (Lipinski definition) is 5. The van der Waals surface area contributed by atoms with Gasteiger partial charge in [-0.3, -0.25) is 9.59 Å². The van der Waals surface area contributed by atoms with Gasteiger partial charge < -0.3 is 19.5 Å². The molecule has 0 bridgehead atoms. The fraction of sp³-hybridized carbons (Fsp3) is 0.333. The van der Waals surface area contributed by atoms with E-state index in [0.717, 1.165) is 16.7 Å². The number of ether oxygens (including phenoxy) is 2. The molecule has 1 amide bonds.